The summed E-state index contributed by atoms with van der Waals surface area (Å²) in [6.45, 7) is 2.26. The number of nitrogens with one attached hydrogen (secondary N) is 2. The van der Waals surface area contributed by atoms with E-state index in [0.717, 1.165) is 24.2 Å². The lowest BCUT2D eigenvalue weighted by Gasteiger charge is -2.12. The van der Waals surface area contributed by atoms with Crippen LogP contribution >= 0.6 is 0 Å². The zero-order valence-electron chi connectivity index (χ0n) is 16.7. The molecule has 27 heavy (non-hydrogen) atoms. The zero-order chi connectivity index (χ0) is 19.5. The number of benzene rings is 1. The van der Waals surface area contributed by atoms with Gasteiger partial charge in [0.05, 0.1) is 22.4 Å². The second-order valence-corrected chi connectivity index (χ2v) is 9.12. The van der Waals surface area contributed by atoms with Gasteiger partial charge in [0.15, 0.2) is 0 Å². The fraction of sp³-hybridized carbons (Fsp3) is 0.714. The van der Waals surface area contributed by atoms with Gasteiger partial charge in [0.1, 0.15) is 0 Å². The highest BCUT2D eigenvalue weighted by atomic mass is 32.2. The molecule has 0 amide bonds. The first-order valence-corrected chi connectivity index (χ1v) is 12.1. The fourth-order valence-electron chi connectivity index (χ4n) is 3.67. The number of hydrogen-bond acceptors (Lipinski definition) is 4. The Hall–Kier alpha value is -1.27. The van der Waals surface area contributed by atoms with E-state index in [1.807, 2.05) is 0 Å². The van der Waals surface area contributed by atoms with E-state index in [0.29, 0.717) is 0 Å². The summed E-state index contributed by atoms with van der Waals surface area (Å²) >= 11 is 0. The second kappa shape index (κ2) is 11.5. The summed E-state index contributed by atoms with van der Waals surface area (Å²) in [5, 5.41) is 6.67. The topological polar surface area (TPSA) is 78.4 Å². The van der Waals surface area contributed by atoms with E-state index in [1.165, 1.54) is 82.8 Å². The van der Waals surface area contributed by atoms with Crippen LogP contribution in [0.1, 0.15) is 90.4 Å². The molecule has 1 aromatic carbocycles. The molecule has 0 radical (unpaired) electrons. The van der Waals surface area contributed by atoms with Gasteiger partial charge in [-0.15, -0.1) is 0 Å². The number of fused-ring (bicyclic) bond motifs is 1. The molecule has 2 rings (SSSR count). The van der Waals surface area contributed by atoms with E-state index in [2.05, 4.69) is 17.6 Å². The maximum atomic E-state index is 11.2. The molecule has 0 saturated heterocycles. The lowest BCUT2D eigenvalue weighted by Crippen LogP contribution is -2.21. The molecule has 0 aliphatic carbocycles. The minimum absolute atomic E-state index is 0.0680. The van der Waals surface area contributed by atoms with Crippen LogP contribution < -0.4 is 10.6 Å². The van der Waals surface area contributed by atoms with Gasteiger partial charge in [-0.05, 0) is 31.0 Å². The predicted molar refractivity (Wildman–Crippen MR) is 113 cm³/mol. The van der Waals surface area contributed by atoms with Crippen LogP contribution in [0.25, 0.3) is 0 Å². The van der Waals surface area contributed by atoms with E-state index in [4.69, 9.17) is 4.55 Å². The van der Waals surface area contributed by atoms with Gasteiger partial charge >= 0.3 is 0 Å². The Labute approximate surface area is 165 Å². The number of anilines is 2. The van der Waals surface area contributed by atoms with Crippen molar-refractivity contribution in [1.29, 1.82) is 0 Å². The molecule has 0 bridgehead atoms. The molecule has 1 aromatic rings. The average molecular weight is 397 g/mol. The van der Waals surface area contributed by atoms with Crippen molar-refractivity contribution in [2.24, 2.45) is 0 Å². The van der Waals surface area contributed by atoms with Crippen LogP contribution in [-0.2, 0) is 10.1 Å². The lowest BCUT2D eigenvalue weighted by atomic mass is 10.0. The maximum absolute atomic E-state index is 11.2. The SMILES string of the molecule is CCCCCCCCCCCCCCC1Nc2ccc(S(=O)(=O)O)cc2N1. The summed E-state index contributed by atoms with van der Waals surface area (Å²) in [6.07, 6.45) is 17.2. The minimum Gasteiger partial charge on any atom is -0.364 e. The van der Waals surface area contributed by atoms with Crippen LogP contribution in [0.15, 0.2) is 23.1 Å². The van der Waals surface area contributed by atoms with Crippen molar-refractivity contribution in [3.05, 3.63) is 18.2 Å². The lowest BCUT2D eigenvalue weighted by molar-refractivity contribution is 0.483. The number of hydrogen-bond donors (Lipinski definition) is 3. The molecular weight excluding hydrogens is 360 g/mol. The Morgan fingerprint density at radius 1 is 0.815 bits per heavy atom. The Bertz CT molecular complexity index is 661. The van der Waals surface area contributed by atoms with Crippen molar-refractivity contribution < 1.29 is 13.0 Å². The van der Waals surface area contributed by atoms with Crippen LogP contribution in [0.3, 0.4) is 0 Å². The normalized spacial score (nSPS) is 16.0. The smallest absolute Gasteiger partial charge is 0.294 e. The molecule has 1 atom stereocenters. The van der Waals surface area contributed by atoms with Crippen LogP contribution in [0.5, 0.6) is 0 Å². The predicted octanol–water partition coefficient (Wildman–Crippen LogP) is 6.19. The molecule has 3 N–H and O–H groups in total. The molecular formula is C21H36N2O3S. The standard InChI is InChI=1S/C21H36N2O3S/c1-2-3-4-5-6-7-8-9-10-11-12-13-14-21-22-19-16-15-18(27(24,25)26)17-20(19)23-21/h15-17,21-23H,2-14H2,1H3,(H,24,25,26). The molecule has 154 valence electrons. The van der Waals surface area contributed by atoms with E-state index in [1.54, 1.807) is 6.07 Å². The van der Waals surface area contributed by atoms with E-state index in [9.17, 15) is 8.42 Å². The maximum Gasteiger partial charge on any atom is 0.294 e. The van der Waals surface area contributed by atoms with Crippen LogP contribution in [0.4, 0.5) is 11.4 Å². The molecule has 0 saturated carbocycles. The molecule has 0 aromatic heterocycles. The van der Waals surface area contributed by atoms with Crippen molar-refractivity contribution in [3.63, 3.8) is 0 Å². The Balaban J connectivity index is 1.50. The van der Waals surface area contributed by atoms with E-state index < -0.39 is 10.1 Å². The Morgan fingerprint density at radius 2 is 1.33 bits per heavy atom. The van der Waals surface area contributed by atoms with E-state index in [-0.39, 0.29) is 11.1 Å². The largest absolute Gasteiger partial charge is 0.364 e. The van der Waals surface area contributed by atoms with Gasteiger partial charge in [-0.1, -0.05) is 77.6 Å². The minimum atomic E-state index is -4.15. The van der Waals surface area contributed by atoms with Crippen molar-refractivity contribution in [2.45, 2.75) is 101 Å². The summed E-state index contributed by atoms with van der Waals surface area (Å²) < 4.78 is 31.6. The highest BCUT2D eigenvalue weighted by Crippen LogP contribution is 2.32. The molecule has 1 aliphatic heterocycles. The Morgan fingerprint density at radius 3 is 1.89 bits per heavy atom. The third-order valence-corrected chi connectivity index (χ3v) is 6.14. The van der Waals surface area contributed by atoms with Crippen LogP contribution in [-0.4, -0.2) is 19.1 Å². The van der Waals surface area contributed by atoms with Crippen molar-refractivity contribution in [1.82, 2.24) is 0 Å². The van der Waals surface area contributed by atoms with Crippen molar-refractivity contribution >= 4 is 21.5 Å². The highest BCUT2D eigenvalue weighted by molar-refractivity contribution is 7.85. The van der Waals surface area contributed by atoms with Crippen LogP contribution in [0, 0.1) is 0 Å². The molecule has 6 heteroatoms. The van der Waals surface area contributed by atoms with Gasteiger partial charge in [0.2, 0.25) is 0 Å². The van der Waals surface area contributed by atoms with Crippen molar-refractivity contribution in [3.8, 4) is 0 Å². The second-order valence-electron chi connectivity index (χ2n) is 7.70. The van der Waals surface area contributed by atoms with Crippen molar-refractivity contribution in [2.75, 3.05) is 10.6 Å². The summed E-state index contributed by atoms with van der Waals surface area (Å²) in [4.78, 5) is -0.0680. The molecule has 0 spiro atoms. The van der Waals surface area contributed by atoms with Gasteiger partial charge in [-0.25, -0.2) is 0 Å². The number of rotatable bonds is 14. The molecule has 5 nitrogen and oxygen atoms in total. The van der Waals surface area contributed by atoms with Gasteiger partial charge < -0.3 is 10.6 Å². The first-order valence-electron chi connectivity index (χ1n) is 10.7. The summed E-state index contributed by atoms with van der Waals surface area (Å²) in [6, 6.07) is 4.61. The molecule has 1 heterocycles. The van der Waals surface area contributed by atoms with Gasteiger partial charge in [-0.3, -0.25) is 4.55 Å². The van der Waals surface area contributed by atoms with Gasteiger partial charge in [-0.2, -0.15) is 8.42 Å². The highest BCUT2D eigenvalue weighted by Gasteiger charge is 2.21. The Kier molecular flexibility index (Phi) is 9.42. The third kappa shape index (κ3) is 8.09. The average Bonchev–Trinajstić information content (AvgIpc) is 3.04. The summed E-state index contributed by atoms with van der Waals surface area (Å²) in [5.74, 6) is 0. The monoisotopic (exact) mass is 396 g/mol. The quantitative estimate of drug-likeness (QED) is 0.258. The first-order chi connectivity index (χ1) is 13.0. The zero-order valence-corrected chi connectivity index (χ0v) is 17.5. The van der Waals surface area contributed by atoms with Gasteiger partial charge in [0, 0.05) is 0 Å². The molecule has 1 aliphatic rings. The van der Waals surface area contributed by atoms with E-state index >= 15 is 0 Å². The van der Waals surface area contributed by atoms with Gasteiger partial charge in [0.25, 0.3) is 10.1 Å². The third-order valence-electron chi connectivity index (χ3n) is 5.29. The number of unbranched alkanes of at least 4 members (excludes halogenated alkanes) is 11. The summed E-state index contributed by atoms with van der Waals surface area (Å²) in [5.41, 5.74) is 1.64. The first kappa shape index (κ1) is 22.0. The fourth-order valence-corrected chi connectivity index (χ4v) is 4.18. The summed E-state index contributed by atoms with van der Waals surface area (Å²) in [7, 11) is -4.15. The molecule has 1 unspecified atom stereocenters. The van der Waals surface area contributed by atoms with Crippen LogP contribution in [0.2, 0.25) is 0 Å². The molecule has 0 fully saturated rings.